The molecule has 3 rings (SSSR count). The van der Waals surface area contributed by atoms with Crippen molar-refractivity contribution in [3.63, 3.8) is 0 Å². The van der Waals surface area contributed by atoms with Crippen molar-refractivity contribution in [3.05, 3.63) is 63.6 Å². The molecule has 0 saturated carbocycles. The summed E-state index contributed by atoms with van der Waals surface area (Å²) in [6.45, 7) is 5.60. The Balaban J connectivity index is 1.55. The van der Waals surface area contributed by atoms with Gasteiger partial charge in [-0.25, -0.2) is 0 Å². The fourth-order valence-electron chi connectivity index (χ4n) is 3.22. The molecule has 1 atom stereocenters. The van der Waals surface area contributed by atoms with Crippen LogP contribution >= 0.6 is 11.6 Å². The fourth-order valence-corrected chi connectivity index (χ4v) is 3.43. The molecule has 0 saturated heterocycles. The highest BCUT2D eigenvalue weighted by atomic mass is 35.5. The summed E-state index contributed by atoms with van der Waals surface area (Å²) in [7, 11) is 0. The first kappa shape index (κ1) is 17.6. The summed E-state index contributed by atoms with van der Waals surface area (Å²) >= 11 is 5.99. The fraction of sp³-hybridized carbons (Fsp3) is 0.389. The number of aromatic nitrogens is 2. The van der Waals surface area contributed by atoms with Gasteiger partial charge in [-0.2, -0.15) is 0 Å². The standard InChI is InChI=1S/C18H21ClN4O2/c1-14(12-22-13-17(23(24)25)20-18(22)19)11-21-9-7-16(8-10-21)15-5-3-2-4-6-15/h2-7,13-14H,8-12H2,1H3/t14-/m0/s1. The second-order valence-corrected chi connectivity index (χ2v) is 6.83. The first-order valence-electron chi connectivity index (χ1n) is 8.37. The van der Waals surface area contributed by atoms with Crippen molar-refractivity contribution in [2.75, 3.05) is 19.6 Å². The maximum absolute atomic E-state index is 10.8. The van der Waals surface area contributed by atoms with Gasteiger partial charge in [0.1, 0.15) is 6.20 Å². The summed E-state index contributed by atoms with van der Waals surface area (Å²) in [5.74, 6) is 0.114. The van der Waals surface area contributed by atoms with Gasteiger partial charge < -0.3 is 10.1 Å². The number of imidazole rings is 1. The van der Waals surface area contributed by atoms with E-state index in [-0.39, 0.29) is 11.1 Å². The first-order valence-corrected chi connectivity index (χ1v) is 8.74. The van der Waals surface area contributed by atoms with Crippen molar-refractivity contribution in [2.45, 2.75) is 19.9 Å². The summed E-state index contributed by atoms with van der Waals surface area (Å²) in [6, 6.07) is 10.5. The lowest BCUT2D eigenvalue weighted by atomic mass is 9.99. The lowest BCUT2D eigenvalue weighted by molar-refractivity contribution is -0.389. The molecule has 132 valence electrons. The number of halogens is 1. The van der Waals surface area contributed by atoms with Crippen molar-refractivity contribution in [3.8, 4) is 0 Å². The Bertz CT molecular complexity index is 773. The van der Waals surface area contributed by atoms with E-state index in [1.165, 1.54) is 17.3 Å². The Morgan fingerprint density at radius 1 is 1.32 bits per heavy atom. The SMILES string of the molecule is C[C@@H](CN1CC=C(c2ccccc2)CC1)Cn1cc([N+](=O)[O-])nc1Cl. The maximum atomic E-state index is 10.8. The van der Waals surface area contributed by atoms with Crippen LogP contribution in [0.2, 0.25) is 5.28 Å². The highest BCUT2D eigenvalue weighted by molar-refractivity contribution is 6.28. The van der Waals surface area contributed by atoms with Gasteiger partial charge in [-0.1, -0.05) is 43.3 Å². The van der Waals surface area contributed by atoms with Crippen LogP contribution in [-0.2, 0) is 6.54 Å². The van der Waals surface area contributed by atoms with E-state index in [2.05, 4.69) is 47.1 Å². The molecule has 0 fully saturated rings. The minimum absolute atomic E-state index is 0.170. The number of nitrogens with zero attached hydrogens (tertiary/aromatic N) is 4. The number of benzene rings is 1. The first-order chi connectivity index (χ1) is 12.0. The van der Waals surface area contributed by atoms with Crippen LogP contribution < -0.4 is 0 Å². The van der Waals surface area contributed by atoms with Crippen LogP contribution in [0.25, 0.3) is 5.57 Å². The summed E-state index contributed by atoms with van der Waals surface area (Å²) < 4.78 is 1.65. The lowest BCUT2D eigenvalue weighted by Crippen LogP contribution is -2.33. The lowest BCUT2D eigenvalue weighted by Gasteiger charge is -2.29. The molecule has 2 heterocycles. The van der Waals surface area contributed by atoms with Crippen molar-refractivity contribution < 1.29 is 4.92 Å². The van der Waals surface area contributed by atoms with Gasteiger partial charge in [0.15, 0.2) is 0 Å². The monoisotopic (exact) mass is 360 g/mol. The van der Waals surface area contributed by atoms with Gasteiger partial charge >= 0.3 is 11.1 Å². The second kappa shape index (κ2) is 7.80. The van der Waals surface area contributed by atoms with Gasteiger partial charge in [-0.05, 0) is 45.0 Å². The molecule has 0 unspecified atom stereocenters. The zero-order chi connectivity index (χ0) is 17.8. The molecule has 0 bridgehead atoms. The summed E-state index contributed by atoms with van der Waals surface area (Å²) in [5, 5.41) is 10.9. The topological polar surface area (TPSA) is 64.2 Å². The molecule has 2 aromatic rings. The minimum Gasteiger partial charge on any atom is -0.358 e. The predicted octanol–water partition coefficient (Wildman–Crippen LogP) is 3.87. The molecule has 1 aromatic carbocycles. The van der Waals surface area contributed by atoms with Gasteiger partial charge in [-0.3, -0.25) is 9.47 Å². The largest absolute Gasteiger partial charge is 0.383 e. The predicted molar refractivity (Wildman–Crippen MR) is 98.5 cm³/mol. The second-order valence-electron chi connectivity index (χ2n) is 6.49. The molecule has 0 N–H and O–H groups in total. The van der Waals surface area contributed by atoms with E-state index in [1.54, 1.807) is 4.57 Å². The third-order valence-corrected chi connectivity index (χ3v) is 4.72. The Morgan fingerprint density at radius 3 is 2.68 bits per heavy atom. The quantitative estimate of drug-likeness (QED) is 0.579. The third kappa shape index (κ3) is 4.46. The molecular weight excluding hydrogens is 340 g/mol. The van der Waals surface area contributed by atoms with Crippen LogP contribution in [-0.4, -0.2) is 39.0 Å². The molecule has 0 spiro atoms. The van der Waals surface area contributed by atoms with Gasteiger partial charge in [0.2, 0.25) is 0 Å². The van der Waals surface area contributed by atoms with E-state index in [9.17, 15) is 10.1 Å². The zero-order valence-electron chi connectivity index (χ0n) is 14.1. The molecule has 0 radical (unpaired) electrons. The highest BCUT2D eigenvalue weighted by Crippen LogP contribution is 2.23. The number of nitro groups is 1. The molecule has 1 aromatic heterocycles. The molecule has 1 aliphatic heterocycles. The van der Waals surface area contributed by atoms with Crippen LogP contribution in [0.4, 0.5) is 5.82 Å². The third-order valence-electron chi connectivity index (χ3n) is 4.42. The molecule has 25 heavy (non-hydrogen) atoms. The van der Waals surface area contributed by atoms with E-state index in [0.717, 1.165) is 26.1 Å². The van der Waals surface area contributed by atoms with Crippen molar-refractivity contribution in [2.24, 2.45) is 5.92 Å². The van der Waals surface area contributed by atoms with E-state index >= 15 is 0 Å². The van der Waals surface area contributed by atoms with E-state index in [1.807, 2.05) is 6.07 Å². The van der Waals surface area contributed by atoms with Gasteiger partial charge in [-0.15, -0.1) is 0 Å². The van der Waals surface area contributed by atoms with Crippen LogP contribution in [0.1, 0.15) is 18.9 Å². The molecule has 6 nitrogen and oxygen atoms in total. The molecule has 0 amide bonds. The van der Waals surface area contributed by atoms with Crippen LogP contribution in [0, 0.1) is 16.0 Å². The molecule has 1 aliphatic rings. The summed E-state index contributed by atoms with van der Waals surface area (Å²) in [5.41, 5.74) is 2.70. The van der Waals surface area contributed by atoms with Gasteiger partial charge in [0, 0.05) is 26.2 Å². The Morgan fingerprint density at radius 2 is 2.08 bits per heavy atom. The normalized spacial score (nSPS) is 16.5. The average molecular weight is 361 g/mol. The molecular formula is C18H21ClN4O2. The van der Waals surface area contributed by atoms with Crippen LogP contribution in [0.5, 0.6) is 0 Å². The van der Waals surface area contributed by atoms with Crippen LogP contribution in [0.3, 0.4) is 0 Å². The van der Waals surface area contributed by atoms with Gasteiger partial charge in [0.05, 0.1) is 0 Å². The Kier molecular flexibility index (Phi) is 5.50. The summed E-state index contributed by atoms with van der Waals surface area (Å²) in [4.78, 5) is 16.4. The maximum Gasteiger partial charge on any atom is 0.383 e. The number of hydrogen-bond acceptors (Lipinski definition) is 4. The van der Waals surface area contributed by atoms with Crippen molar-refractivity contribution in [1.29, 1.82) is 0 Å². The van der Waals surface area contributed by atoms with E-state index in [4.69, 9.17) is 11.6 Å². The highest BCUT2D eigenvalue weighted by Gasteiger charge is 2.20. The molecule has 7 heteroatoms. The Hall–Kier alpha value is -2.18. The number of hydrogen-bond donors (Lipinski definition) is 0. The average Bonchev–Trinajstić information content (AvgIpc) is 2.97. The van der Waals surface area contributed by atoms with Gasteiger partial charge in [0.25, 0.3) is 0 Å². The summed E-state index contributed by atoms with van der Waals surface area (Å²) in [6.07, 6.45) is 4.73. The van der Waals surface area contributed by atoms with E-state index in [0.29, 0.717) is 12.5 Å². The molecule has 0 aliphatic carbocycles. The smallest absolute Gasteiger partial charge is 0.358 e. The van der Waals surface area contributed by atoms with Crippen LogP contribution in [0.15, 0.2) is 42.6 Å². The van der Waals surface area contributed by atoms with E-state index < -0.39 is 4.92 Å². The zero-order valence-corrected chi connectivity index (χ0v) is 14.9. The van der Waals surface area contributed by atoms with Crippen molar-refractivity contribution >= 4 is 23.0 Å². The minimum atomic E-state index is -0.520. The van der Waals surface area contributed by atoms with Crippen molar-refractivity contribution in [1.82, 2.24) is 14.5 Å². The Labute approximate surface area is 151 Å². The number of rotatable bonds is 6.